The molecule has 228 valence electrons. The number of amides is 4. The van der Waals surface area contributed by atoms with Crippen LogP contribution < -0.4 is 16.0 Å². The maximum Gasteiger partial charge on any atom is 0.405 e. The Bertz CT molecular complexity index is 1670. The van der Waals surface area contributed by atoms with Crippen LogP contribution >= 0.6 is 0 Å². The molecular formula is C33H36N6O5. The van der Waals surface area contributed by atoms with Crippen LogP contribution in [0.5, 0.6) is 0 Å². The van der Waals surface area contributed by atoms with Crippen molar-refractivity contribution in [3.8, 4) is 11.3 Å². The molecule has 5 N–H and O–H groups in total. The monoisotopic (exact) mass is 596 g/mol. The van der Waals surface area contributed by atoms with Gasteiger partial charge in [-0.3, -0.25) is 19.3 Å². The first-order chi connectivity index (χ1) is 21.1. The molecule has 1 aliphatic rings. The third kappa shape index (κ3) is 6.73. The number of hydrogen-bond acceptors (Lipinski definition) is 5. The fourth-order valence-electron chi connectivity index (χ4n) is 5.58. The lowest BCUT2D eigenvalue weighted by atomic mass is 10.0. The highest BCUT2D eigenvalue weighted by Crippen LogP contribution is 2.29. The number of carbonyl (C=O) groups excluding carboxylic acids is 3. The lowest BCUT2D eigenvalue weighted by molar-refractivity contribution is -0.140. The summed E-state index contributed by atoms with van der Waals surface area (Å²) in [6, 6.07) is 22.5. The quantitative estimate of drug-likeness (QED) is 0.190. The summed E-state index contributed by atoms with van der Waals surface area (Å²) in [4.78, 5) is 57.0. The summed E-state index contributed by atoms with van der Waals surface area (Å²) in [5.41, 5.74) is 4.70. The molecule has 0 bridgehead atoms. The first-order valence-electron chi connectivity index (χ1n) is 14.5. The molecule has 1 fully saturated rings. The smallest absolute Gasteiger partial charge is 0.405 e. The number of anilines is 2. The molecule has 0 saturated carbocycles. The van der Waals surface area contributed by atoms with E-state index in [4.69, 9.17) is 5.11 Å². The van der Waals surface area contributed by atoms with Gasteiger partial charge in [-0.2, -0.15) is 0 Å². The van der Waals surface area contributed by atoms with Crippen LogP contribution in [0.4, 0.5) is 16.2 Å². The summed E-state index contributed by atoms with van der Waals surface area (Å²) >= 11 is 0. The number of nitrogens with one attached hydrogen (secondary N) is 4. The van der Waals surface area contributed by atoms with E-state index < -0.39 is 30.1 Å². The summed E-state index contributed by atoms with van der Waals surface area (Å²) in [6.07, 6.45) is 0.103. The average molecular weight is 597 g/mol. The highest BCUT2D eigenvalue weighted by atomic mass is 16.4. The number of H-pyrrole nitrogens is 1. The molecule has 4 amide bonds. The zero-order chi connectivity index (χ0) is 31.4. The highest BCUT2D eigenvalue weighted by molar-refractivity contribution is 6.00. The fourth-order valence-corrected chi connectivity index (χ4v) is 5.58. The van der Waals surface area contributed by atoms with Gasteiger partial charge in [-0.15, -0.1) is 0 Å². The number of aromatic nitrogens is 1. The van der Waals surface area contributed by atoms with E-state index in [1.165, 1.54) is 6.92 Å². The maximum absolute atomic E-state index is 13.7. The summed E-state index contributed by atoms with van der Waals surface area (Å²) < 4.78 is 0. The molecule has 11 heteroatoms. The number of likely N-dealkylation sites (tertiary alicyclic amines) is 1. The van der Waals surface area contributed by atoms with Crippen molar-refractivity contribution in [3.05, 3.63) is 84.4 Å². The molecular weight excluding hydrogens is 560 g/mol. The first-order valence-corrected chi connectivity index (χ1v) is 14.5. The third-order valence-electron chi connectivity index (χ3n) is 7.79. The Morgan fingerprint density at radius 3 is 2.32 bits per heavy atom. The van der Waals surface area contributed by atoms with Crippen molar-refractivity contribution < 1.29 is 24.3 Å². The summed E-state index contributed by atoms with van der Waals surface area (Å²) in [7, 11) is 3.74. The standard InChI is InChI=1S/C33H36N6O5/c1-20(34-33(43)44)30(40)35-24-13-11-21(12-14-24)27-19-23-18-25(15-16-26(23)37-27)36-31(41)28-10-7-17-39(28)32(42)29(38(2)3)22-8-5-4-6-9-22/h4-6,8-9,11-16,18-20,28-29,34,37H,7,10,17H2,1-3H3,(H,35,40)(H,36,41)(H,43,44)/t20-,28-,29+/m0/s1. The van der Waals surface area contributed by atoms with Gasteiger partial charge in [-0.1, -0.05) is 42.5 Å². The van der Waals surface area contributed by atoms with Gasteiger partial charge in [0.1, 0.15) is 18.1 Å². The fraction of sp³-hybridized carbons (Fsp3) is 0.273. The molecule has 44 heavy (non-hydrogen) atoms. The highest BCUT2D eigenvalue weighted by Gasteiger charge is 2.38. The number of nitrogens with zero attached hydrogens (tertiary/aromatic N) is 2. The Morgan fingerprint density at radius 2 is 1.64 bits per heavy atom. The molecule has 1 saturated heterocycles. The molecule has 0 aliphatic carbocycles. The van der Waals surface area contributed by atoms with Crippen LogP contribution in [0, 0.1) is 0 Å². The van der Waals surface area contributed by atoms with Crippen LogP contribution in [0.2, 0.25) is 0 Å². The van der Waals surface area contributed by atoms with Gasteiger partial charge in [0.05, 0.1) is 0 Å². The Hall–Kier alpha value is -5.16. The molecule has 0 radical (unpaired) electrons. The molecule has 3 aromatic carbocycles. The second kappa shape index (κ2) is 13.0. The van der Waals surface area contributed by atoms with Gasteiger partial charge in [0, 0.05) is 34.5 Å². The van der Waals surface area contributed by atoms with Crippen molar-refractivity contribution in [2.24, 2.45) is 0 Å². The van der Waals surface area contributed by atoms with Crippen molar-refractivity contribution in [1.29, 1.82) is 0 Å². The Kier molecular flexibility index (Phi) is 8.96. The second-order valence-electron chi connectivity index (χ2n) is 11.2. The average Bonchev–Trinajstić information content (AvgIpc) is 3.65. The summed E-state index contributed by atoms with van der Waals surface area (Å²) in [6.45, 7) is 2.00. The third-order valence-corrected chi connectivity index (χ3v) is 7.79. The Balaban J connectivity index is 1.26. The molecule has 0 spiro atoms. The number of benzene rings is 3. The van der Waals surface area contributed by atoms with Crippen LogP contribution in [-0.4, -0.2) is 76.4 Å². The molecule has 0 unspecified atom stereocenters. The van der Waals surface area contributed by atoms with Gasteiger partial charge in [-0.25, -0.2) is 4.79 Å². The number of fused-ring (bicyclic) bond motifs is 1. The zero-order valence-corrected chi connectivity index (χ0v) is 24.8. The van der Waals surface area contributed by atoms with Gasteiger partial charge in [0.2, 0.25) is 17.7 Å². The number of aromatic amines is 1. The number of likely N-dealkylation sites (N-methyl/N-ethyl adjacent to an activating group) is 1. The van der Waals surface area contributed by atoms with Crippen molar-refractivity contribution in [1.82, 2.24) is 20.1 Å². The number of hydrogen-bond donors (Lipinski definition) is 5. The van der Waals surface area contributed by atoms with Crippen molar-refractivity contribution in [3.63, 3.8) is 0 Å². The molecule has 2 heterocycles. The second-order valence-corrected chi connectivity index (χ2v) is 11.2. The largest absolute Gasteiger partial charge is 0.465 e. The molecule has 5 rings (SSSR count). The van der Waals surface area contributed by atoms with E-state index in [2.05, 4.69) is 20.9 Å². The summed E-state index contributed by atoms with van der Waals surface area (Å²) in [5.74, 6) is -0.747. The van der Waals surface area contributed by atoms with E-state index in [9.17, 15) is 19.2 Å². The van der Waals surface area contributed by atoms with Crippen LogP contribution in [0.1, 0.15) is 31.4 Å². The molecule has 1 aliphatic heterocycles. The van der Waals surface area contributed by atoms with Crippen LogP contribution in [0.3, 0.4) is 0 Å². The first kappa shape index (κ1) is 30.3. The van der Waals surface area contributed by atoms with Crippen molar-refractivity contribution in [2.75, 3.05) is 31.3 Å². The van der Waals surface area contributed by atoms with Crippen molar-refractivity contribution in [2.45, 2.75) is 37.9 Å². The van der Waals surface area contributed by atoms with Gasteiger partial charge < -0.3 is 30.9 Å². The van der Waals surface area contributed by atoms with E-state index in [0.29, 0.717) is 24.3 Å². The van der Waals surface area contributed by atoms with Crippen molar-refractivity contribution >= 4 is 46.1 Å². The summed E-state index contributed by atoms with van der Waals surface area (Å²) in [5, 5.41) is 17.5. The van der Waals surface area contributed by atoms with E-state index in [-0.39, 0.29) is 11.8 Å². The maximum atomic E-state index is 13.7. The normalized spacial score (nSPS) is 16.0. The van der Waals surface area contributed by atoms with E-state index in [0.717, 1.165) is 34.1 Å². The SMILES string of the molecule is C[C@H](NC(=O)O)C(=O)Nc1ccc(-c2cc3cc(NC(=O)[C@@H]4CCCN4C(=O)[C@@H](c4ccccc4)N(C)C)ccc3[nH]2)cc1. The lowest BCUT2D eigenvalue weighted by Gasteiger charge is -2.31. The molecule has 4 aromatic rings. The molecule has 3 atom stereocenters. The minimum atomic E-state index is -1.27. The number of carbonyl (C=O) groups is 4. The van der Waals surface area contributed by atoms with Crippen LogP contribution in [-0.2, 0) is 14.4 Å². The van der Waals surface area contributed by atoms with E-state index in [1.54, 1.807) is 17.0 Å². The van der Waals surface area contributed by atoms with Crippen LogP contribution in [0.25, 0.3) is 22.2 Å². The minimum Gasteiger partial charge on any atom is -0.465 e. The van der Waals surface area contributed by atoms with Gasteiger partial charge in [-0.05, 0) is 81.4 Å². The predicted octanol–water partition coefficient (Wildman–Crippen LogP) is 4.66. The topological polar surface area (TPSA) is 147 Å². The Morgan fingerprint density at radius 1 is 0.932 bits per heavy atom. The molecule has 11 nitrogen and oxygen atoms in total. The Labute approximate surface area is 255 Å². The minimum absolute atomic E-state index is 0.0818. The zero-order valence-electron chi connectivity index (χ0n) is 24.8. The van der Waals surface area contributed by atoms with E-state index >= 15 is 0 Å². The van der Waals surface area contributed by atoms with E-state index in [1.807, 2.05) is 85.7 Å². The van der Waals surface area contributed by atoms with Gasteiger partial charge >= 0.3 is 6.09 Å². The molecule has 1 aromatic heterocycles. The van der Waals surface area contributed by atoms with Crippen LogP contribution in [0.15, 0.2) is 78.9 Å². The number of carboxylic acid groups (broad SMARTS) is 1. The van der Waals surface area contributed by atoms with Gasteiger partial charge in [0.15, 0.2) is 0 Å². The van der Waals surface area contributed by atoms with Gasteiger partial charge in [0.25, 0.3) is 0 Å². The lowest BCUT2D eigenvalue weighted by Crippen LogP contribution is -2.47. The predicted molar refractivity (Wildman–Crippen MR) is 169 cm³/mol. The number of rotatable bonds is 9.